The SMILES string of the molecule is CC(C)NC(=O)C(=O)N1CC2(CCN(C)C2)C1. The van der Waals surface area contributed by atoms with Gasteiger partial charge >= 0.3 is 11.8 Å². The first-order valence-corrected chi connectivity index (χ1v) is 6.20. The van der Waals surface area contributed by atoms with Crippen LogP contribution >= 0.6 is 0 Å². The highest BCUT2D eigenvalue weighted by Crippen LogP contribution is 2.38. The normalized spacial score (nSPS) is 22.9. The second-order valence-corrected chi connectivity index (χ2v) is 5.78. The van der Waals surface area contributed by atoms with Crippen molar-refractivity contribution in [2.45, 2.75) is 26.3 Å². The third-order valence-electron chi connectivity index (χ3n) is 3.58. The molecule has 0 aromatic rings. The molecule has 0 atom stereocenters. The van der Waals surface area contributed by atoms with Gasteiger partial charge in [0.15, 0.2) is 0 Å². The third kappa shape index (κ3) is 2.44. The highest BCUT2D eigenvalue weighted by Gasteiger charge is 2.49. The Morgan fingerprint density at radius 1 is 1.24 bits per heavy atom. The number of nitrogens with zero attached hydrogens (tertiary/aromatic N) is 2. The molecular formula is C12H21N3O2. The summed E-state index contributed by atoms with van der Waals surface area (Å²) in [6.07, 6.45) is 1.14. The van der Waals surface area contributed by atoms with Crippen molar-refractivity contribution in [3.8, 4) is 0 Å². The Morgan fingerprint density at radius 3 is 2.35 bits per heavy atom. The summed E-state index contributed by atoms with van der Waals surface area (Å²) in [5, 5.41) is 2.64. The zero-order chi connectivity index (χ0) is 12.6. The van der Waals surface area contributed by atoms with Gasteiger partial charge in [-0.15, -0.1) is 0 Å². The van der Waals surface area contributed by atoms with E-state index in [-0.39, 0.29) is 17.4 Å². The Hall–Kier alpha value is -1.10. The maximum absolute atomic E-state index is 11.8. The van der Waals surface area contributed by atoms with Crippen molar-refractivity contribution in [1.82, 2.24) is 15.1 Å². The molecule has 5 heteroatoms. The zero-order valence-electron chi connectivity index (χ0n) is 10.8. The number of likely N-dealkylation sites (tertiary alicyclic amines) is 2. The van der Waals surface area contributed by atoms with Crippen molar-refractivity contribution >= 4 is 11.8 Å². The summed E-state index contributed by atoms with van der Waals surface area (Å²) in [4.78, 5) is 27.3. The summed E-state index contributed by atoms with van der Waals surface area (Å²) >= 11 is 0. The summed E-state index contributed by atoms with van der Waals surface area (Å²) in [7, 11) is 2.10. The van der Waals surface area contributed by atoms with E-state index in [0.29, 0.717) is 0 Å². The maximum atomic E-state index is 11.8. The lowest BCUT2D eigenvalue weighted by Crippen LogP contribution is -2.62. The molecule has 2 amide bonds. The quantitative estimate of drug-likeness (QED) is 0.638. The highest BCUT2D eigenvalue weighted by molar-refractivity contribution is 6.35. The number of nitrogens with one attached hydrogen (secondary N) is 1. The summed E-state index contributed by atoms with van der Waals surface area (Å²) < 4.78 is 0. The molecule has 0 aliphatic carbocycles. The van der Waals surface area contributed by atoms with Crippen LogP contribution < -0.4 is 5.32 Å². The molecule has 1 spiro atoms. The number of hydrogen-bond donors (Lipinski definition) is 1. The van der Waals surface area contributed by atoms with Gasteiger partial charge in [0.1, 0.15) is 0 Å². The van der Waals surface area contributed by atoms with Crippen LogP contribution in [0.15, 0.2) is 0 Å². The summed E-state index contributed by atoms with van der Waals surface area (Å²) in [5.41, 5.74) is 0.266. The minimum Gasteiger partial charge on any atom is -0.346 e. The maximum Gasteiger partial charge on any atom is 0.311 e. The lowest BCUT2D eigenvalue weighted by Gasteiger charge is -2.47. The molecule has 2 aliphatic heterocycles. The van der Waals surface area contributed by atoms with Crippen LogP contribution in [0.3, 0.4) is 0 Å². The zero-order valence-corrected chi connectivity index (χ0v) is 10.8. The van der Waals surface area contributed by atoms with Crippen molar-refractivity contribution in [1.29, 1.82) is 0 Å². The molecule has 1 N–H and O–H groups in total. The second-order valence-electron chi connectivity index (χ2n) is 5.78. The van der Waals surface area contributed by atoms with E-state index in [2.05, 4.69) is 17.3 Å². The van der Waals surface area contributed by atoms with Crippen LogP contribution in [0.1, 0.15) is 20.3 Å². The first-order valence-electron chi connectivity index (χ1n) is 6.20. The minimum atomic E-state index is -0.471. The van der Waals surface area contributed by atoms with Crippen molar-refractivity contribution in [2.24, 2.45) is 5.41 Å². The fourth-order valence-corrected chi connectivity index (χ4v) is 2.79. The Labute approximate surface area is 102 Å². The van der Waals surface area contributed by atoms with Gasteiger partial charge in [0.25, 0.3) is 0 Å². The van der Waals surface area contributed by atoms with Gasteiger partial charge in [-0.25, -0.2) is 0 Å². The van der Waals surface area contributed by atoms with Gasteiger partial charge in [0.2, 0.25) is 0 Å². The lowest BCUT2D eigenvalue weighted by atomic mass is 9.79. The Bertz CT molecular complexity index is 335. The Morgan fingerprint density at radius 2 is 1.88 bits per heavy atom. The molecule has 17 heavy (non-hydrogen) atoms. The monoisotopic (exact) mass is 239 g/mol. The lowest BCUT2D eigenvalue weighted by molar-refractivity contribution is -0.153. The van der Waals surface area contributed by atoms with Crippen molar-refractivity contribution < 1.29 is 9.59 Å². The molecule has 0 aromatic heterocycles. The van der Waals surface area contributed by atoms with E-state index in [9.17, 15) is 9.59 Å². The van der Waals surface area contributed by atoms with Crippen LogP contribution in [-0.4, -0.2) is 60.9 Å². The molecule has 0 aromatic carbocycles. The standard InChI is InChI=1S/C12H21N3O2/c1-9(2)13-10(16)11(17)15-7-12(8-15)4-5-14(3)6-12/h9H,4-8H2,1-3H3,(H,13,16). The molecular weight excluding hydrogens is 218 g/mol. The molecule has 0 bridgehead atoms. The molecule has 2 heterocycles. The number of amides is 2. The minimum absolute atomic E-state index is 0.0132. The molecule has 2 fully saturated rings. The topological polar surface area (TPSA) is 52.7 Å². The van der Waals surface area contributed by atoms with Crippen molar-refractivity contribution in [3.05, 3.63) is 0 Å². The van der Waals surface area contributed by atoms with Crippen LogP contribution in [0.5, 0.6) is 0 Å². The van der Waals surface area contributed by atoms with E-state index >= 15 is 0 Å². The first kappa shape index (κ1) is 12.4. The largest absolute Gasteiger partial charge is 0.346 e. The summed E-state index contributed by atoms with van der Waals surface area (Å²) in [6, 6.07) is 0.0132. The van der Waals surface area contributed by atoms with Gasteiger partial charge in [-0.3, -0.25) is 9.59 Å². The van der Waals surface area contributed by atoms with E-state index in [1.165, 1.54) is 0 Å². The van der Waals surface area contributed by atoms with Gasteiger partial charge in [-0.1, -0.05) is 0 Å². The van der Waals surface area contributed by atoms with E-state index < -0.39 is 5.91 Å². The highest BCUT2D eigenvalue weighted by atomic mass is 16.2. The van der Waals surface area contributed by atoms with Crippen LogP contribution in [-0.2, 0) is 9.59 Å². The van der Waals surface area contributed by atoms with Gasteiger partial charge in [-0.2, -0.15) is 0 Å². The van der Waals surface area contributed by atoms with E-state index in [0.717, 1.165) is 32.6 Å². The fourth-order valence-electron chi connectivity index (χ4n) is 2.79. The molecule has 2 rings (SSSR count). The van der Waals surface area contributed by atoms with Gasteiger partial charge < -0.3 is 15.1 Å². The molecule has 2 aliphatic rings. The Kier molecular flexibility index (Phi) is 3.12. The van der Waals surface area contributed by atoms with Gasteiger partial charge in [0.05, 0.1) is 0 Å². The molecule has 0 unspecified atom stereocenters. The van der Waals surface area contributed by atoms with Crippen LogP contribution in [0.4, 0.5) is 0 Å². The van der Waals surface area contributed by atoms with Gasteiger partial charge in [-0.05, 0) is 33.9 Å². The number of carbonyl (C=O) groups excluding carboxylic acids is 2. The molecule has 2 saturated heterocycles. The predicted molar refractivity (Wildman–Crippen MR) is 64.4 cm³/mol. The smallest absolute Gasteiger partial charge is 0.311 e. The van der Waals surface area contributed by atoms with Gasteiger partial charge in [0, 0.05) is 31.1 Å². The number of rotatable bonds is 1. The fraction of sp³-hybridized carbons (Fsp3) is 0.833. The third-order valence-corrected chi connectivity index (χ3v) is 3.58. The average molecular weight is 239 g/mol. The summed E-state index contributed by atoms with van der Waals surface area (Å²) in [6.45, 7) is 7.33. The van der Waals surface area contributed by atoms with E-state index in [4.69, 9.17) is 0 Å². The van der Waals surface area contributed by atoms with Crippen LogP contribution in [0.25, 0.3) is 0 Å². The molecule has 0 saturated carbocycles. The molecule has 0 radical (unpaired) electrons. The van der Waals surface area contributed by atoms with Crippen LogP contribution in [0, 0.1) is 5.41 Å². The van der Waals surface area contributed by atoms with Crippen LogP contribution in [0.2, 0.25) is 0 Å². The van der Waals surface area contributed by atoms with Crippen molar-refractivity contribution in [2.75, 3.05) is 33.2 Å². The number of hydrogen-bond acceptors (Lipinski definition) is 3. The van der Waals surface area contributed by atoms with Crippen molar-refractivity contribution in [3.63, 3.8) is 0 Å². The summed E-state index contributed by atoms with van der Waals surface area (Å²) in [5.74, 6) is -0.847. The predicted octanol–water partition coefficient (Wildman–Crippen LogP) is -0.325. The number of carbonyl (C=O) groups is 2. The van der Waals surface area contributed by atoms with E-state index in [1.54, 1.807) is 4.90 Å². The average Bonchev–Trinajstić information content (AvgIpc) is 2.56. The second kappa shape index (κ2) is 4.29. The van der Waals surface area contributed by atoms with E-state index in [1.807, 2.05) is 13.8 Å². The molecule has 5 nitrogen and oxygen atoms in total. The Balaban J connectivity index is 1.83. The molecule has 96 valence electrons. The first-order chi connectivity index (χ1) is 7.92.